The van der Waals surface area contributed by atoms with Crippen molar-refractivity contribution in [2.75, 3.05) is 11.4 Å². The minimum absolute atomic E-state index is 0.199. The minimum Gasteiger partial charge on any atom is -0.341 e. The molecule has 0 amide bonds. The van der Waals surface area contributed by atoms with Crippen LogP contribution >= 0.6 is 0 Å². The fourth-order valence-corrected chi connectivity index (χ4v) is 3.70. The number of halogens is 1. The van der Waals surface area contributed by atoms with Crippen LogP contribution in [0, 0.1) is 5.82 Å². The monoisotopic (exact) mass is 345 g/mol. The number of pyridine rings is 1. The number of hydrogen-bond acceptors (Lipinski definition) is 1. The Kier molecular flexibility index (Phi) is 4.29. The molecule has 0 spiro atoms. The minimum atomic E-state index is -0.199. The zero-order chi connectivity index (χ0) is 18.1. The highest BCUT2D eigenvalue weighted by Gasteiger charge is 2.18. The fourth-order valence-electron chi connectivity index (χ4n) is 3.70. The topological polar surface area (TPSA) is 7.12 Å². The maximum Gasteiger partial charge on any atom is 0.213 e. The van der Waals surface area contributed by atoms with Crippen LogP contribution in [0.4, 0.5) is 10.1 Å². The second-order valence-corrected chi connectivity index (χ2v) is 6.41. The number of benzene rings is 2. The Bertz CT molecular complexity index is 1030. The molecule has 1 aliphatic heterocycles. The number of rotatable bonds is 3. The van der Waals surface area contributed by atoms with Gasteiger partial charge in [-0.1, -0.05) is 24.3 Å². The summed E-state index contributed by atoms with van der Waals surface area (Å²) in [5.74, 6) is -0.199. The van der Waals surface area contributed by atoms with Crippen molar-refractivity contribution >= 4 is 28.7 Å². The molecule has 2 nitrogen and oxygen atoms in total. The second kappa shape index (κ2) is 6.75. The summed E-state index contributed by atoms with van der Waals surface area (Å²) >= 11 is 0. The van der Waals surface area contributed by atoms with Gasteiger partial charge in [-0.15, -0.1) is 0 Å². The molecular weight excluding hydrogens is 323 g/mol. The molecule has 3 aromatic rings. The molecular formula is C23H22FN2+. The van der Waals surface area contributed by atoms with Gasteiger partial charge < -0.3 is 4.90 Å². The zero-order valence-electron chi connectivity index (χ0n) is 15.1. The molecule has 0 unspecified atom stereocenters. The Morgan fingerprint density at radius 2 is 1.85 bits per heavy atom. The molecule has 2 heterocycles. The van der Waals surface area contributed by atoms with Crippen LogP contribution in [0.5, 0.6) is 0 Å². The lowest BCUT2D eigenvalue weighted by molar-refractivity contribution is -0.669. The standard InChI is InChI=1S/C23H22FN2/c1-3-25-20(12-9-17-7-5-6-8-22(17)25)16-21-13-10-18-15-19(24)11-14-23(18)26(21)4-2/h5-16H,3-4H2,1-2H3/q+1. The first-order chi connectivity index (χ1) is 12.7. The number of allylic oxidation sites excluding steroid dienone is 1. The van der Waals surface area contributed by atoms with Crippen LogP contribution in [0.2, 0.25) is 0 Å². The van der Waals surface area contributed by atoms with Gasteiger partial charge in [0, 0.05) is 41.5 Å². The average molecular weight is 345 g/mol. The van der Waals surface area contributed by atoms with Gasteiger partial charge in [0.1, 0.15) is 12.4 Å². The molecule has 4 rings (SSSR count). The lowest BCUT2D eigenvalue weighted by Crippen LogP contribution is -2.37. The van der Waals surface area contributed by atoms with Crippen LogP contribution < -0.4 is 9.47 Å². The van der Waals surface area contributed by atoms with Gasteiger partial charge in [-0.05, 0) is 49.8 Å². The van der Waals surface area contributed by atoms with Gasteiger partial charge in [0.15, 0.2) is 0 Å². The van der Waals surface area contributed by atoms with E-state index in [0.29, 0.717) is 0 Å². The summed E-state index contributed by atoms with van der Waals surface area (Å²) in [4.78, 5) is 2.32. The van der Waals surface area contributed by atoms with Gasteiger partial charge in [0.2, 0.25) is 11.2 Å². The SMILES string of the molecule is CCN1C(=Cc2ccc3cc(F)ccc3[n+]2CC)C=Cc2ccccc21. The van der Waals surface area contributed by atoms with E-state index in [9.17, 15) is 4.39 Å². The maximum atomic E-state index is 13.5. The first-order valence-corrected chi connectivity index (χ1v) is 9.09. The number of aryl methyl sites for hydroxylation is 1. The molecule has 0 fully saturated rings. The molecule has 3 heteroatoms. The summed E-state index contributed by atoms with van der Waals surface area (Å²) in [6, 6.07) is 17.5. The Morgan fingerprint density at radius 1 is 1.00 bits per heavy atom. The molecule has 26 heavy (non-hydrogen) atoms. The highest BCUT2D eigenvalue weighted by atomic mass is 19.1. The first-order valence-electron chi connectivity index (χ1n) is 9.09. The van der Waals surface area contributed by atoms with Gasteiger partial charge in [-0.3, -0.25) is 0 Å². The number of likely N-dealkylation sites (N-methyl/N-ethyl adjacent to an activating group) is 1. The summed E-state index contributed by atoms with van der Waals surface area (Å²) in [6.45, 7) is 6.02. The molecule has 0 N–H and O–H groups in total. The van der Waals surface area contributed by atoms with Gasteiger partial charge in [0.05, 0.1) is 0 Å². The molecule has 130 valence electrons. The van der Waals surface area contributed by atoms with E-state index in [0.717, 1.165) is 35.4 Å². The average Bonchev–Trinajstić information content (AvgIpc) is 2.67. The van der Waals surface area contributed by atoms with E-state index in [1.54, 1.807) is 6.07 Å². The third-order valence-corrected chi connectivity index (χ3v) is 4.93. The number of fused-ring (bicyclic) bond motifs is 2. The van der Waals surface area contributed by atoms with Crippen molar-refractivity contribution in [3.63, 3.8) is 0 Å². The first kappa shape index (κ1) is 16.5. The molecule has 1 aromatic heterocycles. The number of nitrogens with zero attached hydrogens (tertiary/aromatic N) is 2. The van der Waals surface area contributed by atoms with Crippen LogP contribution in [0.1, 0.15) is 25.1 Å². The van der Waals surface area contributed by atoms with Crippen molar-refractivity contribution in [2.45, 2.75) is 20.4 Å². The van der Waals surface area contributed by atoms with Gasteiger partial charge in [-0.25, -0.2) is 4.39 Å². The largest absolute Gasteiger partial charge is 0.341 e. The quantitative estimate of drug-likeness (QED) is 0.593. The van der Waals surface area contributed by atoms with Crippen molar-refractivity contribution in [3.8, 4) is 0 Å². The summed E-state index contributed by atoms with van der Waals surface area (Å²) < 4.78 is 15.8. The predicted molar refractivity (Wildman–Crippen MR) is 106 cm³/mol. The fraction of sp³-hybridized carbons (Fsp3) is 0.174. The molecule has 0 aliphatic carbocycles. The lowest BCUT2D eigenvalue weighted by atomic mass is 10.0. The van der Waals surface area contributed by atoms with Gasteiger partial charge in [0.25, 0.3) is 0 Å². The van der Waals surface area contributed by atoms with Gasteiger partial charge >= 0.3 is 0 Å². The molecule has 0 saturated carbocycles. The highest BCUT2D eigenvalue weighted by molar-refractivity contribution is 5.80. The van der Waals surface area contributed by atoms with E-state index in [-0.39, 0.29) is 5.82 Å². The third-order valence-electron chi connectivity index (χ3n) is 4.93. The Balaban J connectivity index is 1.85. The van der Waals surface area contributed by atoms with E-state index in [1.165, 1.54) is 17.3 Å². The summed E-state index contributed by atoms with van der Waals surface area (Å²) in [7, 11) is 0. The molecule has 1 aliphatic rings. The van der Waals surface area contributed by atoms with Crippen LogP contribution in [0.15, 0.2) is 66.4 Å². The molecule has 0 atom stereocenters. The van der Waals surface area contributed by atoms with E-state index < -0.39 is 0 Å². The van der Waals surface area contributed by atoms with E-state index in [1.807, 2.05) is 12.1 Å². The maximum absolute atomic E-state index is 13.5. The molecule has 0 radical (unpaired) electrons. The number of para-hydroxylation sites is 1. The van der Waals surface area contributed by atoms with Crippen molar-refractivity contribution < 1.29 is 8.96 Å². The zero-order valence-corrected chi connectivity index (χ0v) is 15.1. The van der Waals surface area contributed by atoms with Crippen molar-refractivity contribution in [3.05, 3.63) is 83.4 Å². The second-order valence-electron chi connectivity index (χ2n) is 6.41. The lowest BCUT2D eigenvalue weighted by Gasteiger charge is -2.29. The Morgan fingerprint density at radius 3 is 2.65 bits per heavy atom. The molecule has 0 saturated heterocycles. The van der Waals surface area contributed by atoms with Crippen molar-refractivity contribution in [1.29, 1.82) is 0 Å². The van der Waals surface area contributed by atoms with E-state index in [2.05, 4.69) is 71.9 Å². The van der Waals surface area contributed by atoms with Crippen LogP contribution in [0.25, 0.3) is 23.1 Å². The molecule has 2 aromatic carbocycles. The van der Waals surface area contributed by atoms with E-state index >= 15 is 0 Å². The van der Waals surface area contributed by atoms with Crippen LogP contribution in [-0.4, -0.2) is 6.54 Å². The van der Waals surface area contributed by atoms with Crippen molar-refractivity contribution in [1.82, 2.24) is 0 Å². The Hall–Kier alpha value is -2.94. The summed E-state index contributed by atoms with van der Waals surface area (Å²) in [6.07, 6.45) is 6.54. The van der Waals surface area contributed by atoms with E-state index in [4.69, 9.17) is 0 Å². The van der Waals surface area contributed by atoms with Crippen LogP contribution in [0.3, 0.4) is 0 Å². The predicted octanol–water partition coefficient (Wildman–Crippen LogP) is 5.18. The number of anilines is 1. The summed E-state index contributed by atoms with van der Waals surface area (Å²) in [5, 5.41) is 0.922. The highest BCUT2D eigenvalue weighted by Crippen LogP contribution is 2.31. The van der Waals surface area contributed by atoms with Crippen LogP contribution in [-0.2, 0) is 6.54 Å². The molecule has 0 bridgehead atoms. The smallest absolute Gasteiger partial charge is 0.213 e. The summed E-state index contributed by atoms with van der Waals surface area (Å²) in [5.41, 5.74) is 5.80. The number of aromatic nitrogens is 1. The normalized spacial score (nSPS) is 14.9. The van der Waals surface area contributed by atoms with Crippen molar-refractivity contribution in [2.24, 2.45) is 0 Å². The third kappa shape index (κ3) is 2.80. The number of hydrogen-bond donors (Lipinski definition) is 0. The van der Waals surface area contributed by atoms with Gasteiger partial charge in [-0.2, -0.15) is 4.57 Å². The Labute approximate surface area is 153 Å².